The van der Waals surface area contributed by atoms with Gasteiger partial charge in [-0.3, -0.25) is 4.68 Å². The fourth-order valence-corrected chi connectivity index (χ4v) is 2.69. The molecule has 12 heteroatoms. The number of hydrogen-bond donors (Lipinski definition) is 4. The van der Waals surface area contributed by atoms with E-state index < -0.39 is 36.2 Å². The van der Waals surface area contributed by atoms with E-state index in [1.165, 1.54) is 10.9 Å². The van der Waals surface area contributed by atoms with Crippen LogP contribution in [0.3, 0.4) is 0 Å². The van der Waals surface area contributed by atoms with Gasteiger partial charge in [-0.05, 0) is 6.07 Å². The van der Waals surface area contributed by atoms with Crippen LogP contribution in [0.4, 0.5) is 19.1 Å². The SMILES string of the molecule is OCc1cnn(C[C@H]2OC[C@H](Nc3nccc(C(F)(F)F)n3)[C@@H](O)[C@H]2O)c1. The quantitative estimate of drug-likeness (QED) is 0.553. The highest BCUT2D eigenvalue weighted by molar-refractivity contribution is 5.29. The first kappa shape index (κ1) is 19.5. The van der Waals surface area contributed by atoms with Gasteiger partial charge < -0.3 is 25.4 Å². The highest BCUT2D eigenvalue weighted by Gasteiger charge is 2.39. The van der Waals surface area contributed by atoms with Crippen LogP contribution in [0, 0.1) is 0 Å². The Labute approximate surface area is 151 Å². The summed E-state index contributed by atoms with van der Waals surface area (Å²) in [7, 11) is 0. The smallest absolute Gasteiger partial charge is 0.392 e. The first-order chi connectivity index (χ1) is 12.8. The molecule has 3 heterocycles. The molecular weight excluding hydrogens is 371 g/mol. The van der Waals surface area contributed by atoms with Crippen molar-refractivity contribution in [2.45, 2.75) is 43.7 Å². The summed E-state index contributed by atoms with van der Waals surface area (Å²) < 4.78 is 45.1. The van der Waals surface area contributed by atoms with Gasteiger partial charge in [0.15, 0.2) is 0 Å². The van der Waals surface area contributed by atoms with Gasteiger partial charge in [0, 0.05) is 18.0 Å². The first-order valence-electron chi connectivity index (χ1n) is 8.04. The molecule has 0 radical (unpaired) electrons. The second-order valence-corrected chi connectivity index (χ2v) is 6.10. The van der Waals surface area contributed by atoms with Crippen molar-refractivity contribution in [3.8, 4) is 0 Å². The molecule has 3 rings (SSSR count). The molecule has 4 atom stereocenters. The fraction of sp³-hybridized carbons (Fsp3) is 0.533. The van der Waals surface area contributed by atoms with Gasteiger partial charge in [0.05, 0.1) is 32.0 Å². The number of rotatable bonds is 5. The summed E-state index contributed by atoms with van der Waals surface area (Å²) in [6.07, 6.45) is -4.07. The van der Waals surface area contributed by atoms with Crippen molar-refractivity contribution in [3.63, 3.8) is 0 Å². The molecule has 0 aromatic carbocycles. The number of nitrogens with one attached hydrogen (secondary N) is 1. The number of halogens is 3. The van der Waals surface area contributed by atoms with Gasteiger partial charge in [0.2, 0.25) is 5.95 Å². The minimum atomic E-state index is -4.62. The van der Waals surface area contributed by atoms with Crippen LogP contribution in [-0.4, -0.2) is 66.0 Å². The third-order valence-corrected chi connectivity index (χ3v) is 4.13. The Hall–Kier alpha value is -2.28. The Morgan fingerprint density at radius 3 is 2.74 bits per heavy atom. The number of anilines is 1. The molecule has 1 fully saturated rings. The van der Waals surface area contributed by atoms with Crippen LogP contribution in [-0.2, 0) is 24.1 Å². The average molecular weight is 389 g/mol. The van der Waals surface area contributed by atoms with Crippen LogP contribution in [0.1, 0.15) is 11.3 Å². The molecule has 148 valence electrons. The third-order valence-electron chi connectivity index (χ3n) is 4.13. The van der Waals surface area contributed by atoms with Crippen LogP contribution in [0.5, 0.6) is 0 Å². The predicted octanol–water partition coefficient (Wildman–Crippen LogP) is -0.215. The van der Waals surface area contributed by atoms with Gasteiger partial charge in [0.25, 0.3) is 0 Å². The Morgan fingerprint density at radius 2 is 2.07 bits per heavy atom. The largest absolute Gasteiger partial charge is 0.433 e. The Balaban J connectivity index is 1.63. The number of aliphatic hydroxyl groups excluding tert-OH is 3. The molecule has 2 aromatic heterocycles. The van der Waals surface area contributed by atoms with Gasteiger partial charge in [-0.2, -0.15) is 18.3 Å². The highest BCUT2D eigenvalue weighted by atomic mass is 19.4. The molecular formula is C15H18F3N5O4. The lowest BCUT2D eigenvalue weighted by atomic mass is 9.98. The number of alkyl halides is 3. The van der Waals surface area contributed by atoms with E-state index in [9.17, 15) is 23.4 Å². The molecule has 1 aliphatic rings. The molecule has 0 aliphatic carbocycles. The Bertz CT molecular complexity index is 772. The number of hydrogen-bond acceptors (Lipinski definition) is 8. The van der Waals surface area contributed by atoms with Gasteiger partial charge >= 0.3 is 6.18 Å². The van der Waals surface area contributed by atoms with E-state index in [1.807, 2.05) is 0 Å². The summed E-state index contributed by atoms with van der Waals surface area (Å²) in [4.78, 5) is 7.06. The minimum absolute atomic E-state index is 0.0867. The molecule has 0 spiro atoms. The van der Waals surface area contributed by atoms with E-state index in [4.69, 9.17) is 9.84 Å². The third kappa shape index (κ3) is 4.53. The molecule has 0 saturated carbocycles. The molecule has 4 N–H and O–H groups in total. The first-order valence-corrected chi connectivity index (χ1v) is 8.04. The molecule has 0 unspecified atom stereocenters. The van der Waals surface area contributed by atoms with E-state index in [-0.39, 0.29) is 25.7 Å². The standard InChI is InChI=1S/C15H18F3N5O4/c16-15(17,18)11-1-2-19-14(22-11)21-9-7-27-10(13(26)12(9)25)5-23-4-8(6-24)3-20-23/h1-4,9-10,12-13,24-26H,5-7H2,(H,19,21,22)/t9-,10+,12+,13-/m0/s1. The number of aliphatic hydroxyl groups is 3. The Morgan fingerprint density at radius 1 is 1.30 bits per heavy atom. The Kier molecular flexibility index (Phi) is 5.60. The van der Waals surface area contributed by atoms with Crippen LogP contribution in [0.25, 0.3) is 0 Å². The summed E-state index contributed by atoms with van der Waals surface area (Å²) in [5, 5.41) is 36.1. The molecule has 0 amide bonds. The summed E-state index contributed by atoms with van der Waals surface area (Å²) in [5.41, 5.74) is -0.537. The molecule has 27 heavy (non-hydrogen) atoms. The van der Waals surface area contributed by atoms with E-state index in [1.54, 1.807) is 6.20 Å². The van der Waals surface area contributed by atoms with E-state index >= 15 is 0 Å². The van der Waals surface area contributed by atoms with Crippen molar-refractivity contribution in [2.75, 3.05) is 11.9 Å². The van der Waals surface area contributed by atoms with Crippen LogP contribution in [0.15, 0.2) is 24.7 Å². The summed E-state index contributed by atoms with van der Waals surface area (Å²) in [5.74, 6) is -0.331. The lowest BCUT2D eigenvalue weighted by molar-refractivity contribution is -0.145. The zero-order valence-corrected chi connectivity index (χ0v) is 13.9. The zero-order chi connectivity index (χ0) is 19.6. The number of aromatic nitrogens is 4. The van der Waals surface area contributed by atoms with Crippen molar-refractivity contribution < 1.29 is 33.2 Å². The second-order valence-electron chi connectivity index (χ2n) is 6.10. The molecule has 2 aromatic rings. The molecule has 0 bridgehead atoms. The molecule has 9 nitrogen and oxygen atoms in total. The number of ether oxygens (including phenoxy) is 1. The van der Waals surface area contributed by atoms with Gasteiger partial charge in [-0.1, -0.05) is 0 Å². The fourth-order valence-electron chi connectivity index (χ4n) is 2.69. The maximum absolute atomic E-state index is 12.7. The highest BCUT2D eigenvalue weighted by Crippen LogP contribution is 2.28. The monoisotopic (exact) mass is 389 g/mol. The van der Waals surface area contributed by atoms with Crippen molar-refractivity contribution in [1.29, 1.82) is 0 Å². The van der Waals surface area contributed by atoms with Crippen molar-refractivity contribution in [3.05, 3.63) is 35.9 Å². The summed E-state index contributed by atoms with van der Waals surface area (Å²) in [6, 6.07) is -0.167. The average Bonchev–Trinajstić information content (AvgIpc) is 3.09. The zero-order valence-electron chi connectivity index (χ0n) is 13.9. The van der Waals surface area contributed by atoms with Gasteiger partial charge in [-0.15, -0.1) is 0 Å². The summed E-state index contributed by atoms with van der Waals surface area (Å²) >= 11 is 0. The van der Waals surface area contributed by atoms with Crippen molar-refractivity contribution in [2.24, 2.45) is 0 Å². The normalized spacial score (nSPS) is 26.1. The maximum Gasteiger partial charge on any atom is 0.433 e. The predicted molar refractivity (Wildman–Crippen MR) is 84.3 cm³/mol. The lowest BCUT2D eigenvalue weighted by Crippen LogP contribution is -2.56. The van der Waals surface area contributed by atoms with E-state index in [0.29, 0.717) is 5.56 Å². The maximum atomic E-state index is 12.7. The minimum Gasteiger partial charge on any atom is -0.392 e. The number of nitrogens with zero attached hydrogens (tertiary/aromatic N) is 4. The van der Waals surface area contributed by atoms with Crippen LogP contribution >= 0.6 is 0 Å². The van der Waals surface area contributed by atoms with Gasteiger partial charge in [0.1, 0.15) is 24.0 Å². The second kappa shape index (κ2) is 7.76. The van der Waals surface area contributed by atoms with Crippen molar-refractivity contribution >= 4 is 5.95 Å². The topological polar surface area (TPSA) is 126 Å². The van der Waals surface area contributed by atoms with E-state index in [0.717, 1.165) is 12.3 Å². The van der Waals surface area contributed by atoms with Crippen molar-refractivity contribution in [1.82, 2.24) is 19.7 Å². The molecule has 1 saturated heterocycles. The van der Waals surface area contributed by atoms with E-state index in [2.05, 4.69) is 20.4 Å². The molecule has 1 aliphatic heterocycles. The van der Waals surface area contributed by atoms with Gasteiger partial charge in [-0.25, -0.2) is 9.97 Å². The van der Waals surface area contributed by atoms with Crippen LogP contribution in [0.2, 0.25) is 0 Å². The lowest BCUT2D eigenvalue weighted by Gasteiger charge is -2.37. The van der Waals surface area contributed by atoms with Crippen LogP contribution < -0.4 is 5.32 Å². The summed E-state index contributed by atoms with van der Waals surface area (Å²) in [6.45, 7) is -0.138.